The molecule has 0 aliphatic carbocycles. The molecule has 3 nitrogen and oxygen atoms in total. The van der Waals surface area contributed by atoms with Crippen LogP contribution in [0.3, 0.4) is 0 Å². The van der Waals surface area contributed by atoms with Crippen LogP contribution in [0, 0.1) is 5.92 Å². The van der Waals surface area contributed by atoms with Gasteiger partial charge in [0.25, 0.3) is 0 Å². The van der Waals surface area contributed by atoms with Crippen molar-refractivity contribution >= 4 is 11.1 Å². The summed E-state index contributed by atoms with van der Waals surface area (Å²) in [4.78, 5) is 7.13. The van der Waals surface area contributed by atoms with Crippen molar-refractivity contribution in [3.05, 3.63) is 30.2 Å². The standard InChI is InChI=1S/C18H26N2O/c1-2-3-6-15-9-12-20(13-10-15)14-11-18-19-16-7-4-5-8-17(16)21-18/h4-5,7-8,15H,2-3,6,9-14H2,1H3. The van der Waals surface area contributed by atoms with E-state index in [2.05, 4.69) is 16.8 Å². The molecule has 3 rings (SSSR count). The van der Waals surface area contributed by atoms with E-state index in [9.17, 15) is 0 Å². The molecule has 0 bridgehead atoms. The molecule has 1 aromatic carbocycles. The summed E-state index contributed by atoms with van der Waals surface area (Å²) < 4.78 is 5.80. The van der Waals surface area contributed by atoms with Gasteiger partial charge in [-0.3, -0.25) is 0 Å². The summed E-state index contributed by atoms with van der Waals surface area (Å²) in [5, 5.41) is 0. The fourth-order valence-corrected chi connectivity index (χ4v) is 3.27. The predicted molar refractivity (Wildman–Crippen MR) is 86.4 cm³/mol. The number of aromatic nitrogens is 1. The van der Waals surface area contributed by atoms with Crippen molar-refractivity contribution < 1.29 is 4.42 Å². The molecular weight excluding hydrogens is 260 g/mol. The highest BCUT2D eigenvalue weighted by Crippen LogP contribution is 2.23. The van der Waals surface area contributed by atoms with Gasteiger partial charge < -0.3 is 9.32 Å². The van der Waals surface area contributed by atoms with Crippen molar-refractivity contribution in [3.63, 3.8) is 0 Å². The van der Waals surface area contributed by atoms with E-state index >= 15 is 0 Å². The lowest BCUT2D eigenvalue weighted by Crippen LogP contribution is -2.35. The molecule has 0 radical (unpaired) electrons. The number of hydrogen-bond donors (Lipinski definition) is 0. The molecule has 0 unspecified atom stereocenters. The van der Waals surface area contributed by atoms with Crippen LogP contribution in [0.15, 0.2) is 28.7 Å². The number of unbranched alkanes of at least 4 members (excludes halogenated alkanes) is 1. The third-order valence-electron chi connectivity index (χ3n) is 4.65. The Morgan fingerprint density at radius 3 is 2.81 bits per heavy atom. The smallest absolute Gasteiger partial charge is 0.196 e. The lowest BCUT2D eigenvalue weighted by atomic mass is 9.91. The molecule has 1 aromatic heterocycles. The Kier molecular flexibility index (Phi) is 4.91. The molecule has 0 N–H and O–H groups in total. The highest BCUT2D eigenvalue weighted by Gasteiger charge is 2.19. The monoisotopic (exact) mass is 286 g/mol. The van der Waals surface area contributed by atoms with E-state index in [1.807, 2.05) is 24.3 Å². The van der Waals surface area contributed by atoms with Crippen LogP contribution in [0.2, 0.25) is 0 Å². The van der Waals surface area contributed by atoms with E-state index in [1.54, 1.807) is 0 Å². The van der Waals surface area contributed by atoms with Crippen LogP contribution in [0.1, 0.15) is 44.9 Å². The maximum absolute atomic E-state index is 5.80. The molecule has 1 fully saturated rings. The Morgan fingerprint density at radius 2 is 2.05 bits per heavy atom. The molecule has 3 heteroatoms. The fourth-order valence-electron chi connectivity index (χ4n) is 3.27. The quantitative estimate of drug-likeness (QED) is 0.794. The first-order valence-corrected chi connectivity index (χ1v) is 8.42. The first kappa shape index (κ1) is 14.6. The summed E-state index contributed by atoms with van der Waals surface area (Å²) in [5.41, 5.74) is 1.89. The molecule has 2 heterocycles. The molecule has 0 atom stereocenters. The third kappa shape index (κ3) is 3.85. The van der Waals surface area contributed by atoms with Gasteiger partial charge in [0.1, 0.15) is 5.52 Å². The molecular formula is C18H26N2O. The lowest BCUT2D eigenvalue weighted by molar-refractivity contribution is 0.176. The molecule has 1 aliphatic rings. The summed E-state index contributed by atoms with van der Waals surface area (Å²) in [6, 6.07) is 8.01. The summed E-state index contributed by atoms with van der Waals surface area (Å²) in [7, 11) is 0. The van der Waals surface area contributed by atoms with Gasteiger partial charge in [0.15, 0.2) is 11.5 Å². The van der Waals surface area contributed by atoms with Gasteiger partial charge in [-0.25, -0.2) is 4.98 Å². The predicted octanol–water partition coefficient (Wildman–Crippen LogP) is 4.27. The maximum Gasteiger partial charge on any atom is 0.196 e. The topological polar surface area (TPSA) is 29.3 Å². The van der Waals surface area contributed by atoms with Crippen LogP contribution >= 0.6 is 0 Å². The molecule has 0 saturated carbocycles. The largest absolute Gasteiger partial charge is 0.441 e. The maximum atomic E-state index is 5.80. The summed E-state index contributed by atoms with van der Waals surface area (Å²) in [6.07, 6.45) is 7.82. The van der Waals surface area contributed by atoms with Crippen LogP contribution in [0.25, 0.3) is 11.1 Å². The molecule has 2 aromatic rings. The van der Waals surface area contributed by atoms with E-state index in [0.717, 1.165) is 35.9 Å². The Labute approximate surface area is 127 Å². The minimum Gasteiger partial charge on any atom is -0.441 e. The average molecular weight is 286 g/mol. The fraction of sp³-hybridized carbons (Fsp3) is 0.611. The van der Waals surface area contributed by atoms with Gasteiger partial charge in [0.05, 0.1) is 0 Å². The van der Waals surface area contributed by atoms with E-state index < -0.39 is 0 Å². The zero-order valence-corrected chi connectivity index (χ0v) is 13.1. The molecule has 0 spiro atoms. The van der Waals surface area contributed by atoms with Crippen LogP contribution in [0.4, 0.5) is 0 Å². The molecule has 114 valence electrons. The SMILES string of the molecule is CCCCC1CCN(CCc2nc3ccccc3o2)CC1. The Hall–Kier alpha value is -1.35. The minimum atomic E-state index is 0.879. The van der Waals surface area contributed by atoms with Crippen LogP contribution < -0.4 is 0 Å². The highest BCUT2D eigenvalue weighted by molar-refractivity contribution is 5.72. The Morgan fingerprint density at radius 1 is 1.24 bits per heavy atom. The molecule has 21 heavy (non-hydrogen) atoms. The van der Waals surface area contributed by atoms with Gasteiger partial charge in [-0.1, -0.05) is 38.3 Å². The number of likely N-dealkylation sites (tertiary alicyclic amines) is 1. The summed E-state index contributed by atoms with van der Waals surface area (Å²) in [6.45, 7) is 5.85. The molecule has 0 amide bonds. The van der Waals surface area contributed by atoms with E-state index in [1.165, 1.54) is 45.2 Å². The second kappa shape index (κ2) is 7.08. The van der Waals surface area contributed by atoms with Crippen molar-refractivity contribution in [2.24, 2.45) is 5.92 Å². The first-order valence-electron chi connectivity index (χ1n) is 8.42. The van der Waals surface area contributed by atoms with Crippen molar-refractivity contribution in [3.8, 4) is 0 Å². The van der Waals surface area contributed by atoms with E-state index in [-0.39, 0.29) is 0 Å². The van der Waals surface area contributed by atoms with Crippen LogP contribution in [0.5, 0.6) is 0 Å². The van der Waals surface area contributed by atoms with Gasteiger partial charge in [0, 0.05) is 13.0 Å². The number of para-hydroxylation sites is 2. The van der Waals surface area contributed by atoms with Gasteiger partial charge in [-0.15, -0.1) is 0 Å². The average Bonchev–Trinajstić information content (AvgIpc) is 2.95. The minimum absolute atomic E-state index is 0.879. The second-order valence-electron chi connectivity index (χ2n) is 6.25. The number of piperidine rings is 1. The molecule has 1 aliphatic heterocycles. The number of oxazole rings is 1. The van der Waals surface area contributed by atoms with Crippen molar-refractivity contribution in [1.82, 2.24) is 9.88 Å². The zero-order chi connectivity index (χ0) is 14.5. The van der Waals surface area contributed by atoms with Crippen molar-refractivity contribution in [1.29, 1.82) is 0 Å². The van der Waals surface area contributed by atoms with Crippen LogP contribution in [-0.2, 0) is 6.42 Å². The normalized spacial score (nSPS) is 17.6. The van der Waals surface area contributed by atoms with Gasteiger partial charge in [-0.05, 0) is 44.0 Å². The van der Waals surface area contributed by atoms with E-state index in [0.29, 0.717) is 0 Å². The van der Waals surface area contributed by atoms with Crippen molar-refractivity contribution in [2.75, 3.05) is 19.6 Å². The highest BCUT2D eigenvalue weighted by atomic mass is 16.3. The van der Waals surface area contributed by atoms with E-state index in [4.69, 9.17) is 4.42 Å². The second-order valence-corrected chi connectivity index (χ2v) is 6.25. The first-order chi connectivity index (χ1) is 10.3. The third-order valence-corrected chi connectivity index (χ3v) is 4.65. The zero-order valence-electron chi connectivity index (χ0n) is 13.1. The van der Waals surface area contributed by atoms with Gasteiger partial charge in [0.2, 0.25) is 0 Å². The lowest BCUT2D eigenvalue weighted by Gasteiger charge is -2.31. The van der Waals surface area contributed by atoms with Gasteiger partial charge in [-0.2, -0.15) is 0 Å². The number of fused-ring (bicyclic) bond motifs is 1. The Bertz CT molecular complexity index is 522. The molecule has 1 saturated heterocycles. The van der Waals surface area contributed by atoms with Crippen molar-refractivity contribution in [2.45, 2.75) is 45.4 Å². The summed E-state index contributed by atoms with van der Waals surface area (Å²) in [5.74, 6) is 1.84. The number of benzene rings is 1. The Balaban J connectivity index is 1.45. The number of nitrogens with zero attached hydrogens (tertiary/aromatic N) is 2. The number of hydrogen-bond acceptors (Lipinski definition) is 3. The van der Waals surface area contributed by atoms with Gasteiger partial charge >= 0.3 is 0 Å². The van der Waals surface area contributed by atoms with Crippen LogP contribution in [-0.4, -0.2) is 29.5 Å². The summed E-state index contributed by atoms with van der Waals surface area (Å²) >= 11 is 0. The number of rotatable bonds is 6.